The van der Waals surface area contributed by atoms with E-state index in [1.54, 1.807) is 6.07 Å². The number of carbonyl (C=O) groups is 3. The van der Waals surface area contributed by atoms with Gasteiger partial charge < -0.3 is 20.7 Å². The number of hydrogen-bond acceptors (Lipinski definition) is 3. The van der Waals surface area contributed by atoms with Crippen molar-refractivity contribution >= 4 is 28.7 Å². The molecular weight excluding hydrogens is 322 g/mol. The number of aliphatic carboxylic acids is 1. The Bertz CT molecular complexity index is 757. The number of amides is 2. The summed E-state index contributed by atoms with van der Waals surface area (Å²) >= 11 is 0. The summed E-state index contributed by atoms with van der Waals surface area (Å²) in [6.07, 6.45) is 2.45. The molecule has 1 aromatic carbocycles. The Morgan fingerprint density at radius 1 is 1.12 bits per heavy atom. The van der Waals surface area contributed by atoms with Gasteiger partial charge in [0.05, 0.1) is 12.5 Å². The number of H-pyrrole nitrogens is 1. The fraction of sp³-hybridized carbons (Fsp3) is 0.389. The number of fused-ring (bicyclic) bond motifs is 1. The SMILES string of the molecule is O=C(CNC(=O)c1cc2ccccc2[nH]1)NC1CCC(C(=O)O)CC1. The molecule has 0 spiro atoms. The summed E-state index contributed by atoms with van der Waals surface area (Å²) in [6, 6.07) is 9.29. The lowest BCUT2D eigenvalue weighted by Gasteiger charge is -2.26. The molecule has 2 aromatic rings. The van der Waals surface area contributed by atoms with E-state index in [1.807, 2.05) is 24.3 Å². The Morgan fingerprint density at radius 2 is 1.84 bits per heavy atom. The molecule has 1 fully saturated rings. The Hall–Kier alpha value is -2.83. The molecule has 25 heavy (non-hydrogen) atoms. The van der Waals surface area contributed by atoms with Crippen molar-refractivity contribution in [3.63, 3.8) is 0 Å². The van der Waals surface area contributed by atoms with Gasteiger partial charge in [-0.15, -0.1) is 0 Å². The minimum Gasteiger partial charge on any atom is -0.481 e. The van der Waals surface area contributed by atoms with Crippen molar-refractivity contribution in [2.75, 3.05) is 6.54 Å². The van der Waals surface area contributed by atoms with E-state index in [0.717, 1.165) is 10.9 Å². The first kappa shape index (κ1) is 17.0. The van der Waals surface area contributed by atoms with Crippen molar-refractivity contribution in [3.05, 3.63) is 36.0 Å². The average molecular weight is 343 g/mol. The predicted molar refractivity (Wildman–Crippen MR) is 92.2 cm³/mol. The lowest BCUT2D eigenvalue weighted by Crippen LogP contribution is -2.43. The zero-order valence-electron chi connectivity index (χ0n) is 13.7. The molecule has 0 radical (unpaired) electrons. The first-order valence-electron chi connectivity index (χ1n) is 8.41. The summed E-state index contributed by atoms with van der Waals surface area (Å²) in [5.74, 6) is -1.67. The second-order valence-corrected chi connectivity index (χ2v) is 6.41. The fourth-order valence-corrected chi connectivity index (χ4v) is 3.21. The summed E-state index contributed by atoms with van der Waals surface area (Å²) < 4.78 is 0. The molecule has 1 aliphatic rings. The van der Waals surface area contributed by atoms with Gasteiger partial charge in [-0.2, -0.15) is 0 Å². The number of hydrogen-bond donors (Lipinski definition) is 4. The lowest BCUT2D eigenvalue weighted by molar-refractivity contribution is -0.142. The summed E-state index contributed by atoms with van der Waals surface area (Å²) in [6.45, 7) is -0.104. The van der Waals surface area contributed by atoms with E-state index in [-0.39, 0.29) is 30.3 Å². The minimum atomic E-state index is -0.768. The fourth-order valence-electron chi connectivity index (χ4n) is 3.21. The van der Waals surface area contributed by atoms with Crippen LogP contribution in [0.2, 0.25) is 0 Å². The highest BCUT2D eigenvalue weighted by Gasteiger charge is 2.26. The number of carboxylic acid groups (broad SMARTS) is 1. The van der Waals surface area contributed by atoms with Gasteiger partial charge in [-0.3, -0.25) is 14.4 Å². The van der Waals surface area contributed by atoms with Gasteiger partial charge in [0.2, 0.25) is 5.91 Å². The highest BCUT2D eigenvalue weighted by atomic mass is 16.4. The number of rotatable bonds is 5. The van der Waals surface area contributed by atoms with Crippen LogP contribution in [0.5, 0.6) is 0 Å². The maximum absolute atomic E-state index is 12.1. The third-order valence-corrected chi connectivity index (χ3v) is 4.63. The van der Waals surface area contributed by atoms with Crippen LogP contribution in [-0.4, -0.2) is 40.5 Å². The number of carbonyl (C=O) groups excluding carboxylic acids is 2. The largest absolute Gasteiger partial charge is 0.481 e. The van der Waals surface area contributed by atoms with Crippen LogP contribution in [0.15, 0.2) is 30.3 Å². The highest BCUT2D eigenvalue weighted by molar-refractivity contribution is 5.99. The Morgan fingerprint density at radius 3 is 2.52 bits per heavy atom. The molecule has 4 N–H and O–H groups in total. The molecule has 1 heterocycles. The molecule has 0 bridgehead atoms. The zero-order chi connectivity index (χ0) is 17.8. The average Bonchev–Trinajstić information content (AvgIpc) is 3.04. The van der Waals surface area contributed by atoms with Gasteiger partial charge in [0, 0.05) is 16.9 Å². The minimum absolute atomic E-state index is 0.0203. The van der Waals surface area contributed by atoms with Gasteiger partial charge in [-0.1, -0.05) is 18.2 Å². The lowest BCUT2D eigenvalue weighted by atomic mass is 9.86. The molecule has 7 nitrogen and oxygen atoms in total. The van der Waals surface area contributed by atoms with Crippen molar-refractivity contribution in [1.29, 1.82) is 0 Å². The summed E-state index contributed by atoms with van der Waals surface area (Å²) in [5, 5.41) is 15.4. The molecule has 132 valence electrons. The molecular formula is C18H21N3O4. The number of nitrogens with one attached hydrogen (secondary N) is 3. The monoisotopic (exact) mass is 343 g/mol. The summed E-state index contributed by atoms with van der Waals surface area (Å²) in [5.41, 5.74) is 1.28. The summed E-state index contributed by atoms with van der Waals surface area (Å²) in [7, 11) is 0. The smallest absolute Gasteiger partial charge is 0.306 e. The summed E-state index contributed by atoms with van der Waals surface area (Å²) in [4.78, 5) is 38.1. The van der Waals surface area contributed by atoms with E-state index in [2.05, 4.69) is 15.6 Å². The standard InChI is InChI=1S/C18H21N3O4/c22-16(20-13-7-5-11(6-8-13)18(24)25)10-19-17(23)15-9-12-3-1-2-4-14(12)21-15/h1-4,9,11,13,21H,5-8,10H2,(H,19,23)(H,20,22)(H,24,25). The Kier molecular flexibility index (Phi) is 5.02. The number of carboxylic acids is 1. The van der Waals surface area contributed by atoms with Crippen molar-refractivity contribution in [3.8, 4) is 0 Å². The van der Waals surface area contributed by atoms with Crippen LogP contribution in [0, 0.1) is 5.92 Å². The first-order chi connectivity index (χ1) is 12.0. The van der Waals surface area contributed by atoms with E-state index in [0.29, 0.717) is 31.4 Å². The van der Waals surface area contributed by atoms with Crippen molar-refractivity contribution in [1.82, 2.24) is 15.6 Å². The van der Waals surface area contributed by atoms with E-state index in [1.165, 1.54) is 0 Å². The third-order valence-electron chi connectivity index (χ3n) is 4.63. The molecule has 3 rings (SSSR count). The van der Waals surface area contributed by atoms with Gasteiger partial charge in [0.1, 0.15) is 5.69 Å². The number of para-hydroxylation sites is 1. The third kappa shape index (κ3) is 4.17. The number of benzene rings is 1. The molecule has 0 unspecified atom stereocenters. The van der Waals surface area contributed by atoms with E-state index >= 15 is 0 Å². The number of aromatic amines is 1. The van der Waals surface area contributed by atoms with Crippen LogP contribution in [0.3, 0.4) is 0 Å². The van der Waals surface area contributed by atoms with E-state index < -0.39 is 5.97 Å². The van der Waals surface area contributed by atoms with Gasteiger partial charge in [-0.05, 0) is 37.8 Å². The molecule has 7 heteroatoms. The first-order valence-corrected chi connectivity index (χ1v) is 8.41. The maximum Gasteiger partial charge on any atom is 0.306 e. The van der Waals surface area contributed by atoms with Gasteiger partial charge >= 0.3 is 5.97 Å². The molecule has 1 aromatic heterocycles. The zero-order valence-corrected chi connectivity index (χ0v) is 13.7. The van der Waals surface area contributed by atoms with Crippen molar-refractivity contribution in [2.45, 2.75) is 31.7 Å². The van der Waals surface area contributed by atoms with Crippen molar-refractivity contribution < 1.29 is 19.5 Å². The topological polar surface area (TPSA) is 111 Å². The van der Waals surface area contributed by atoms with E-state index in [4.69, 9.17) is 5.11 Å². The second kappa shape index (κ2) is 7.38. The normalized spacial score (nSPS) is 20.2. The number of aromatic nitrogens is 1. The van der Waals surface area contributed by atoms with E-state index in [9.17, 15) is 14.4 Å². The molecule has 1 saturated carbocycles. The van der Waals surface area contributed by atoms with Gasteiger partial charge in [0.25, 0.3) is 5.91 Å². The highest BCUT2D eigenvalue weighted by Crippen LogP contribution is 2.24. The van der Waals surface area contributed by atoms with Crippen LogP contribution in [0.1, 0.15) is 36.2 Å². The second-order valence-electron chi connectivity index (χ2n) is 6.41. The molecule has 0 atom stereocenters. The van der Waals surface area contributed by atoms with Gasteiger partial charge in [0.15, 0.2) is 0 Å². The van der Waals surface area contributed by atoms with Crippen LogP contribution in [-0.2, 0) is 9.59 Å². The van der Waals surface area contributed by atoms with Crippen molar-refractivity contribution in [2.24, 2.45) is 5.92 Å². The van der Waals surface area contributed by atoms with Gasteiger partial charge in [-0.25, -0.2) is 0 Å². The molecule has 1 aliphatic carbocycles. The molecule has 0 saturated heterocycles. The predicted octanol–water partition coefficient (Wildman–Crippen LogP) is 1.66. The Labute approximate surface area is 144 Å². The van der Waals surface area contributed by atoms with Crippen LogP contribution >= 0.6 is 0 Å². The molecule has 2 amide bonds. The van der Waals surface area contributed by atoms with Crippen LogP contribution in [0.4, 0.5) is 0 Å². The van der Waals surface area contributed by atoms with Crippen LogP contribution in [0.25, 0.3) is 10.9 Å². The van der Waals surface area contributed by atoms with Crippen LogP contribution < -0.4 is 10.6 Å². The molecule has 0 aliphatic heterocycles. The quantitative estimate of drug-likeness (QED) is 0.661. The Balaban J connectivity index is 1.46. The maximum atomic E-state index is 12.1.